The van der Waals surface area contributed by atoms with E-state index < -0.39 is 0 Å². The Bertz CT molecular complexity index is 263. The van der Waals surface area contributed by atoms with Crippen LogP contribution in [-0.4, -0.2) is 24.7 Å². The van der Waals surface area contributed by atoms with E-state index in [0.29, 0.717) is 0 Å². The van der Waals surface area contributed by atoms with Crippen LogP contribution in [0.1, 0.15) is 11.7 Å². The van der Waals surface area contributed by atoms with Gasteiger partial charge in [0.1, 0.15) is 0 Å². The number of nitrogens with zero attached hydrogens (tertiary/aromatic N) is 1. The number of benzene rings is 1. The van der Waals surface area contributed by atoms with Gasteiger partial charge in [0.15, 0.2) is 0 Å². The molecule has 0 saturated carbocycles. The molecule has 1 aromatic rings. The maximum Gasteiger partial charge on any atom is 0.0966 e. The van der Waals surface area contributed by atoms with Gasteiger partial charge in [-0.2, -0.15) is 0 Å². The summed E-state index contributed by atoms with van der Waals surface area (Å²) in [5.41, 5.74) is 1.21. The third-order valence-electron chi connectivity index (χ3n) is 2.27. The lowest BCUT2D eigenvalue weighted by Gasteiger charge is -2.29. The number of ether oxygens (including phenoxy) is 1. The first-order chi connectivity index (χ1) is 6.36. The highest BCUT2D eigenvalue weighted by atomic mass is 16.5. The standard InChI is InChI=1S/C10H14N2O/c11-12-6-7-13-10(8-12)9-4-2-1-3-5-9/h1-5,10H,6-8,11H2. The molecule has 0 radical (unpaired) electrons. The van der Waals surface area contributed by atoms with E-state index in [0.717, 1.165) is 19.7 Å². The van der Waals surface area contributed by atoms with Crippen molar-refractivity contribution in [2.75, 3.05) is 19.7 Å². The van der Waals surface area contributed by atoms with Crippen LogP contribution in [0.25, 0.3) is 0 Å². The van der Waals surface area contributed by atoms with E-state index in [9.17, 15) is 0 Å². The van der Waals surface area contributed by atoms with Gasteiger partial charge in [-0.1, -0.05) is 30.3 Å². The van der Waals surface area contributed by atoms with E-state index in [1.54, 1.807) is 5.01 Å². The molecule has 0 aliphatic carbocycles. The van der Waals surface area contributed by atoms with Crippen molar-refractivity contribution >= 4 is 0 Å². The van der Waals surface area contributed by atoms with Crippen LogP contribution in [0.5, 0.6) is 0 Å². The fraction of sp³-hybridized carbons (Fsp3) is 0.400. The van der Waals surface area contributed by atoms with Gasteiger partial charge in [-0.3, -0.25) is 5.84 Å². The molecular weight excluding hydrogens is 164 g/mol. The van der Waals surface area contributed by atoms with E-state index in [4.69, 9.17) is 10.6 Å². The Morgan fingerprint density at radius 2 is 2.08 bits per heavy atom. The van der Waals surface area contributed by atoms with E-state index in [1.807, 2.05) is 18.2 Å². The van der Waals surface area contributed by atoms with Crippen LogP contribution in [0.4, 0.5) is 0 Å². The topological polar surface area (TPSA) is 38.5 Å². The maximum absolute atomic E-state index is 5.72. The van der Waals surface area contributed by atoms with Crippen molar-refractivity contribution in [1.82, 2.24) is 5.01 Å². The Kier molecular flexibility index (Phi) is 2.59. The van der Waals surface area contributed by atoms with Gasteiger partial charge in [-0.15, -0.1) is 0 Å². The summed E-state index contributed by atoms with van der Waals surface area (Å²) < 4.78 is 5.61. The zero-order valence-electron chi connectivity index (χ0n) is 7.52. The van der Waals surface area contributed by atoms with Crippen molar-refractivity contribution in [3.63, 3.8) is 0 Å². The monoisotopic (exact) mass is 178 g/mol. The van der Waals surface area contributed by atoms with Crippen molar-refractivity contribution in [3.05, 3.63) is 35.9 Å². The summed E-state index contributed by atoms with van der Waals surface area (Å²) in [5, 5.41) is 1.81. The molecule has 1 aliphatic heterocycles. The SMILES string of the molecule is NN1CCOC(c2ccccc2)C1. The summed E-state index contributed by atoms with van der Waals surface area (Å²) in [4.78, 5) is 0. The van der Waals surface area contributed by atoms with Crippen molar-refractivity contribution in [3.8, 4) is 0 Å². The number of hydrogen-bond acceptors (Lipinski definition) is 3. The molecule has 3 nitrogen and oxygen atoms in total. The molecule has 0 aromatic heterocycles. The summed E-state index contributed by atoms with van der Waals surface area (Å²) in [6.45, 7) is 2.32. The Morgan fingerprint density at radius 3 is 2.77 bits per heavy atom. The zero-order chi connectivity index (χ0) is 9.10. The fourth-order valence-corrected chi connectivity index (χ4v) is 1.54. The summed E-state index contributed by atoms with van der Waals surface area (Å²) in [5.74, 6) is 5.72. The third-order valence-corrected chi connectivity index (χ3v) is 2.27. The summed E-state index contributed by atoms with van der Waals surface area (Å²) in [7, 11) is 0. The molecule has 1 atom stereocenters. The second-order valence-corrected chi connectivity index (χ2v) is 3.27. The predicted octanol–water partition coefficient (Wildman–Crippen LogP) is 0.934. The Balaban J connectivity index is 2.08. The molecule has 1 fully saturated rings. The molecule has 3 heteroatoms. The van der Waals surface area contributed by atoms with Crippen LogP contribution >= 0.6 is 0 Å². The van der Waals surface area contributed by atoms with Gasteiger partial charge in [0.2, 0.25) is 0 Å². The van der Waals surface area contributed by atoms with Crippen LogP contribution in [0.3, 0.4) is 0 Å². The smallest absolute Gasteiger partial charge is 0.0966 e. The number of morpholine rings is 1. The first-order valence-electron chi connectivity index (χ1n) is 4.52. The third kappa shape index (κ3) is 2.06. The highest BCUT2D eigenvalue weighted by molar-refractivity contribution is 5.18. The van der Waals surface area contributed by atoms with Crippen LogP contribution in [0.15, 0.2) is 30.3 Å². The molecule has 1 aliphatic rings. The van der Waals surface area contributed by atoms with Gasteiger partial charge in [-0.05, 0) is 5.56 Å². The molecule has 70 valence electrons. The van der Waals surface area contributed by atoms with Crippen LogP contribution in [-0.2, 0) is 4.74 Å². The second-order valence-electron chi connectivity index (χ2n) is 3.27. The molecule has 2 N–H and O–H groups in total. The van der Waals surface area contributed by atoms with Gasteiger partial charge < -0.3 is 4.74 Å². The lowest BCUT2D eigenvalue weighted by Crippen LogP contribution is -2.42. The molecule has 0 spiro atoms. The molecule has 1 aromatic carbocycles. The minimum absolute atomic E-state index is 0.139. The molecule has 0 amide bonds. The van der Waals surface area contributed by atoms with Gasteiger partial charge >= 0.3 is 0 Å². The molecule has 1 saturated heterocycles. The molecule has 2 rings (SSSR count). The van der Waals surface area contributed by atoms with Crippen molar-refractivity contribution in [1.29, 1.82) is 0 Å². The molecule has 1 unspecified atom stereocenters. The summed E-state index contributed by atoms with van der Waals surface area (Å²) in [6.07, 6.45) is 0.139. The van der Waals surface area contributed by atoms with Gasteiger partial charge in [0.05, 0.1) is 12.7 Å². The normalized spacial score (nSPS) is 24.5. The summed E-state index contributed by atoms with van der Waals surface area (Å²) in [6, 6.07) is 10.2. The number of nitrogens with two attached hydrogens (primary N) is 1. The first-order valence-corrected chi connectivity index (χ1v) is 4.52. The van der Waals surface area contributed by atoms with Crippen LogP contribution < -0.4 is 5.84 Å². The Hall–Kier alpha value is -0.900. The molecule has 13 heavy (non-hydrogen) atoms. The molecular formula is C10H14N2O. The average Bonchev–Trinajstić information content (AvgIpc) is 2.19. The van der Waals surface area contributed by atoms with Gasteiger partial charge in [-0.25, -0.2) is 5.01 Å². The largest absolute Gasteiger partial charge is 0.371 e. The highest BCUT2D eigenvalue weighted by Gasteiger charge is 2.19. The van der Waals surface area contributed by atoms with E-state index in [2.05, 4.69) is 12.1 Å². The zero-order valence-corrected chi connectivity index (χ0v) is 7.52. The fourth-order valence-electron chi connectivity index (χ4n) is 1.54. The number of hydrazine groups is 1. The van der Waals surface area contributed by atoms with Crippen LogP contribution in [0.2, 0.25) is 0 Å². The van der Waals surface area contributed by atoms with E-state index in [1.165, 1.54) is 5.56 Å². The maximum atomic E-state index is 5.72. The summed E-state index contributed by atoms with van der Waals surface area (Å²) >= 11 is 0. The quantitative estimate of drug-likeness (QED) is 0.650. The average molecular weight is 178 g/mol. The van der Waals surface area contributed by atoms with E-state index >= 15 is 0 Å². The molecule has 0 bridgehead atoms. The van der Waals surface area contributed by atoms with Crippen molar-refractivity contribution < 1.29 is 4.74 Å². The number of rotatable bonds is 1. The molecule has 1 heterocycles. The Labute approximate surface area is 78.1 Å². The van der Waals surface area contributed by atoms with E-state index in [-0.39, 0.29) is 6.10 Å². The lowest BCUT2D eigenvalue weighted by atomic mass is 10.1. The van der Waals surface area contributed by atoms with Gasteiger partial charge in [0.25, 0.3) is 0 Å². The van der Waals surface area contributed by atoms with Crippen molar-refractivity contribution in [2.24, 2.45) is 5.84 Å². The lowest BCUT2D eigenvalue weighted by molar-refractivity contribution is -0.0304. The minimum atomic E-state index is 0.139. The second kappa shape index (κ2) is 3.87. The van der Waals surface area contributed by atoms with Crippen molar-refractivity contribution in [2.45, 2.75) is 6.10 Å². The minimum Gasteiger partial charge on any atom is -0.371 e. The van der Waals surface area contributed by atoms with Gasteiger partial charge in [0, 0.05) is 13.1 Å². The Morgan fingerprint density at radius 1 is 1.31 bits per heavy atom. The number of hydrogen-bond donors (Lipinski definition) is 1. The van der Waals surface area contributed by atoms with Crippen LogP contribution in [0, 0.1) is 0 Å². The predicted molar refractivity (Wildman–Crippen MR) is 50.9 cm³/mol. The first kappa shape index (κ1) is 8.69. The highest BCUT2D eigenvalue weighted by Crippen LogP contribution is 2.19.